The molecular weight excluding hydrogens is 307 g/mol. The zero-order valence-corrected chi connectivity index (χ0v) is 11.7. The van der Waals surface area contributed by atoms with E-state index in [2.05, 4.69) is 41.5 Å². The Kier molecular flexibility index (Phi) is 60.7. The van der Waals surface area contributed by atoms with Crippen LogP contribution in [0.5, 0.6) is 0 Å². The van der Waals surface area contributed by atoms with Crippen molar-refractivity contribution in [1.82, 2.24) is 0 Å². The van der Waals surface area contributed by atoms with Gasteiger partial charge in [0.05, 0.1) is 0 Å². The summed E-state index contributed by atoms with van der Waals surface area (Å²) in [6.45, 7) is 15.5. The van der Waals surface area contributed by atoms with E-state index < -0.39 is 0 Å². The van der Waals surface area contributed by atoms with Gasteiger partial charge in [-0.25, -0.2) is 0 Å². The standard InChI is InChI=1S/2C4H9.Hf.2H2O/c2*1-4(2)3;;;/h2*4H,1H2,2-3H3;;2*1H2/q2*-1;;;. The predicted octanol–water partition coefficient (Wildman–Crippen LogP) is 1.30. The molecule has 0 aromatic rings. The first-order valence-corrected chi connectivity index (χ1v) is 3.13. The quantitative estimate of drug-likeness (QED) is 0.475. The first kappa shape index (κ1) is 29.8. The van der Waals surface area contributed by atoms with Crippen LogP contribution in [0, 0.1) is 25.7 Å². The van der Waals surface area contributed by atoms with Crippen LogP contribution in [0.15, 0.2) is 0 Å². The molecular formula is C8H22HfO2-2. The van der Waals surface area contributed by atoms with E-state index in [-0.39, 0.29) is 36.8 Å². The summed E-state index contributed by atoms with van der Waals surface area (Å²) in [5.74, 6) is 1.17. The first-order chi connectivity index (χ1) is 3.46. The van der Waals surface area contributed by atoms with Crippen molar-refractivity contribution in [3.63, 3.8) is 0 Å². The fraction of sp³-hybridized carbons (Fsp3) is 0.750. The molecule has 0 heterocycles. The van der Waals surface area contributed by atoms with Crippen molar-refractivity contribution in [2.45, 2.75) is 27.7 Å². The van der Waals surface area contributed by atoms with Gasteiger partial charge in [-0.3, -0.25) is 0 Å². The van der Waals surface area contributed by atoms with Crippen LogP contribution in [-0.4, -0.2) is 11.0 Å². The maximum atomic E-state index is 3.64. The van der Waals surface area contributed by atoms with Crippen molar-refractivity contribution >= 4 is 0 Å². The van der Waals surface area contributed by atoms with E-state index in [4.69, 9.17) is 0 Å². The topological polar surface area (TPSA) is 63.0 Å². The van der Waals surface area contributed by atoms with Crippen LogP contribution >= 0.6 is 0 Å². The SMILES string of the molecule is O.O.[CH2-]C(C)C.[CH2-]C(C)C.[Hf]. The van der Waals surface area contributed by atoms with Crippen LogP contribution < -0.4 is 0 Å². The molecule has 2 nitrogen and oxygen atoms in total. The summed E-state index contributed by atoms with van der Waals surface area (Å²) in [4.78, 5) is 0. The molecule has 0 spiro atoms. The van der Waals surface area contributed by atoms with Gasteiger partial charge in [0.25, 0.3) is 0 Å². The fourth-order valence-corrected chi connectivity index (χ4v) is 0. The Morgan fingerprint density at radius 1 is 0.727 bits per heavy atom. The summed E-state index contributed by atoms with van der Waals surface area (Å²) < 4.78 is 0. The molecule has 0 saturated carbocycles. The molecule has 0 atom stereocenters. The van der Waals surface area contributed by atoms with Gasteiger partial charge < -0.3 is 24.8 Å². The van der Waals surface area contributed by atoms with Crippen LogP contribution in [0.1, 0.15) is 27.7 Å². The minimum Gasteiger partial charge on any atom is -0.412 e. The van der Waals surface area contributed by atoms with Crippen molar-refractivity contribution in [3.05, 3.63) is 13.8 Å². The number of rotatable bonds is 0. The first-order valence-electron chi connectivity index (χ1n) is 3.13. The van der Waals surface area contributed by atoms with Gasteiger partial charge >= 0.3 is 0 Å². The van der Waals surface area contributed by atoms with E-state index in [9.17, 15) is 0 Å². The third kappa shape index (κ3) is 1340. The molecule has 0 radical (unpaired) electrons. The summed E-state index contributed by atoms with van der Waals surface area (Å²) in [6, 6.07) is 0. The second kappa shape index (κ2) is 22.4. The molecule has 0 fully saturated rings. The van der Waals surface area contributed by atoms with Gasteiger partial charge in [0.2, 0.25) is 0 Å². The predicted molar refractivity (Wildman–Crippen MR) is 47.6 cm³/mol. The van der Waals surface area contributed by atoms with Crippen LogP contribution in [0.3, 0.4) is 0 Å². The van der Waals surface area contributed by atoms with Gasteiger partial charge in [0, 0.05) is 25.8 Å². The van der Waals surface area contributed by atoms with Crippen molar-refractivity contribution < 1.29 is 36.8 Å². The monoisotopic (exact) mass is 330 g/mol. The van der Waals surface area contributed by atoms with Crippen molar-refractivity contribution in [2.24, 2.45) is 11.8 Å². The number of hydrogen-bond acceptors (Lipinski definition) is 0. The Balaban J connectivity index is -0.0000000171. The zero-order chi connectivity index (χ0) is 7.15. The van der Waals surface area contributed by atoms with Crippen LogP contribution in [0.25, 0.3) is 0 Å². The van der Waals surface area contributed by atoms with Crippen molar-refractivity contribution in [2.75, 3.05) is 0 Å². The Labute approximate surface area is 90.2 Å². The van der Waals surface area contributed by atoms with Gasteiger partial charge in [-0.1, -0.05) is 27.7 Å². The zero-order valence-electron chi connectivity index (χ0n) is 8.07. The smallest absolute Gasteiger partial charge is 0 e. The van der Waals surface area contributed by atoms with Crippen LogP contribution in [-0.2, 0) is 25.8 Å². The summed E-state index contributed by atoms with van der Waals surface area (Å²) in [7, 11) is 0. The molecule has 0 aliphatic rings. The minimum atomic E-state index is 0. The Hall–Kier alpha value is 0.790. The largest absolute Gasteiger partial charge is 0.412 e. The molecule has 11 heavy (non-hydrogen) atoms. The molecule has 0 saturated heterocycles. The average molecular weight is 329 g/mol. The molecule has 4 N–H and O–H groups in total. The fourth-order valence-electron chi connectivity index (χ4n) is 0. The average Bonchev–Trinajstić information content (AvgIpc) is 1.25. The molecule has 0 amide bonds. The summed E-state index contributed by atoms with van der Waals surface area (Å²) in [6.07, 6.45) is 0. The Morgan fingerprint density at radius 2 is 0.727 bits per heavy atom. The molecule has 72 valence electrons. The molecule has 0 aromatic heterocycles. The number of hydrogen-bond donors (Lipinski definition) is 0. The van der Waals surface area contributed by atoms with Crippen LogP contribution in [0.4, 0.5) is 0 Å². The van der Waals surface area contributed by atoms with E-state index in [0.717, 1.165) is 0 Å². The van der Waals surface area contributed by atoms with Crippen molar-refractivity contribution in [3.8, 4) is 0 Å². The Morgan fingerprint density at radius 3 is 0.727 bits per heavy atom. The summed E-state index contributed by atoms with van der Waals surface area (Å²) >= 11 is 0. The molecule has 0 bridgehead atoms. The van der Waals surface area contributed by atoms with Gasteiger partial charge in [0.1, 0.15) is 0 Å². The van der Waals surface area contributed by atoms with Gasteiger partial charge in [-0.2, -0.15) is 11.8 Å². The maximum Gasteiger partial charge on any atom is 0 e. The molecule has 0 aliphatic heterocycles. The van der Waals surface area contributed by atoms with E-state index in [1.54, 1.807) is 0 Å². The van der Waals surface area contributed by atoms with Crippen LogP contribution in [0.2, 0.25) is 0 Å². The van der Waals surface area contributed by atoms with Gasteiger partial charge in [-0.15, -0.1) is 0 Å². The normalized spacial score (nSPS) is 6.55. The van der Waals surface area contributed by atoms with E-state index >= 15 is 0 Å². The van der Waals surface area contributed by atoms with E-state index in [0.29, 0.717) is 11.8 Å². The third-order valence-corrected chi connectivity index (χ3v) is 0. The second-order valence-electron chi connectivity index (χ2n) is 2.79. The molecule has 0 rings (SSSR count). The van der Waals surface area contributed by atoms with Crippen molar-refractivity contribution in [1.29, 1.82) is 0 Å². The Bertz CT molecular complexity index is 27.6. The van der Waals surface area contributed by atoms with Gasteiger partial charge in [-0.05, 0) is 0 Å². The molecule has 0 aromatic carbocycles. The summed E-state index contributed by atoms with van der Waals surface area (Å²) in [5, 5.41) is 0. The molecule has 3 heteroatoms. The van der Waals surface area contributed by atoms with E-state index in [1.807, 2.05) is 0 Å². The molecule has 0 aliphatic carbocycles. The summed E-state index contributed by atoms with van der Waals surface area (Å²) in [5.41, 5.74) is 0. The molecule has 0 unspecified atom stereocenters. The minimum absolute atomic E-state index is 0. The maximum absolute atomic E-state index is 3.64. The van der Waals surface area contributed by atoms with E-state index in [1.165, 1.54) is 0 Å². The van der Waals surface area contributed by atoms with Gasteiger partial charge in [0.15, 0.2) is 0 Å². The second-order valence-corrected chi connectivity index (χ2v) is 2.79. The third-order valence-electron chi connectivity index (χ3n) is 0.